The van der Waals surface area contributed by atoms with Crippen LogP contribution in [0.5, 0.6) is 5.75 Å². The zero-order chi connectivity index (χ0) is 17.3. The summed E-state index contributed by atoms with van der Waals surface area (Å²) in [6.07, 6.45) is 2.75. The predicted octanol–water partition coefficient (Wildman–Crippen LogP) is 5.82. The normalized spacial score (nSPS) is 11.3. The van der Waals surface area contributed by atoms with Crippen molar-refractivity contribution in [1.29, 1.82) is 0 Å². The molecule has 0 saturated heterocycles. The molecule has 0 aliphatic carbocycles. The first-order chi connectivity index (χ1) is 11.4. The van der Waals surface area contributed by atoms with Gasteiger partial charge in [0.15, 0.2) is 10.4 Å². The smallest absolute Gasteiger partial charge is 0.336 e. The summed E-state index contributed by atoms with van der Waals surface area (Å²) in [5.41, 5.74) is 1.20. The van der Waals surface area contributed by atoms with Gasteiger partial charge < -0.3 is 9.15 Å². The highest BCUT2D eigenvalue weighted by molar-refractivity contribution is 9.10. The molecule has 7 heteroatoms. The van der Waals surface area contributed by atoms with Crippen LogP contribution in [0.3, 0.4) is 0 Å². The van der Waals surface area contributed by atoms with E-state index in [4.69, 9.17) is 32.4 Å². The van der Waals surface area contributed by atoms with Gasteiger partial charge >= 0.3 is 5.97 Å². The number of fused-ring (bicyclic) bond motifs is 1. The zero-order valence-corrected chi connectivity index (χ0v) is 15.4. The number of hydrogen-bond acceptors (Lipinski definition) is 4. The summed E-state index contributed by atoms with van der Waals surface area (Å²) >= 11 is 15.5. The van der Waals surface area contributed by atoms with Crippen molar-refractivity contribution in [1.82, 2.24) is 4.98 Å². The SMILES string of the molecule is Cc1ccc2c(Cl)cc(Cl)c(OC(=O)C=Cc3ccc(Br)o3)c2n1. The standard InChI is InChI=1S/C17H10BrCl2NO3/c1-9-2-5-11-12(19)8-13(20)17(16(11)21-9)24-15(22)7-4-10-3-6-14(18)23-10/h2-8H,1H3. The fraction of sp³-hybridized carbons (Fsp3) is 0.0588. The summed E-state index contributed by atoms with van der Waals surface area (Å²) < 4.78 is 11.2. The van der Waals surface area contributed by atoms with Crippen LogP contribution < -0.4 is 4.74 Å². The Labute approximate surface area is 156 Å². The number of halogens is 3. The molecule has 122 valence electrons. The highest BCUT2D eigenvalue weighted by Crippen LogP contribution is 2.37. The molecule has 0 amide bonds. The van der Waals surface area contributed by atoms with Gasteiger partial charge in [-0.1, -0.05) is 23.2 Å². The van der Waals surface area contributed by atoms with Gasteiger partial charge in [-0.15, -0.1) is 0 Å². The lowest BCUT2D eigenvalue weighted by Gasteiger charge is -2.09. The van der Waals surface area contributed by atoms with Crippen molar-refractivity contribution in [3.63, 3.8) is 0 Å². The zero-order valence-electron chi connectivity index (χ0n) is 12.3. The van der Waals surface area contributed by atoms with Gasteiger partial charge in [0.1, 0.15) is 11.3 Å². The van der Waals surface area contributed by atoms with Gasteiger partial charge in [0, 0.05) is 17.2 Å². The van der Waals surface area contributed by atoms with E-state index in [0.717, 1.165) is 5.69 Å². The van der Waals surface area contributed by atoms with E-state index in [-0.39, 0.29) is 10.8 Å². The maximum atomic E-state index is 12.1. The van der Waals surface area contributed by atoms with E-state index in [0.29, 0.717) is 26.4 Å². The number of aryl methyl sites for hydroxylation is 1. The van der Waals surface area contributed by atoms with Crippen LogP contribution in [0, 0.1) is 6.92 Å². The second-order valence-corrected chi connectivity index (χ2v) is 6.51. The van der Waals surface area contributed by atoms with Gasteiger partial charge in [-0.2, -0.15) is 0 Å². The van der Waals surface area contributed by atoms with Crippen LogP contribution in [0.2, 0.25) is 10.0 Å². The number of pyridine rings is 1. The van der Waals surface area contributed by atoms with Crippen LogP contribution in [0.25, 0.3) is 17.0 Å². The number of benzene rings is 1. The molecular weight excluding hydrogens is 417 g/mol. The third-order valence-electron chi connectivity index (χ3n) is 3.16. The number of carbonyl (C=O) groups excluding carboxylic acids is 1. The third-order valence-corrected chi connectivity index (χ3v) is 4.18. The lowest BCUT2D eigenvalue weighted by Crippen LogP contribution is -2.05. The van der Waals surface area contributed by atoms with Crippen LogP contribution in [-0.2, 0) is 4.79 Å². The molecule has 1 aromatic carbocycles. The number of nitrogens with zero attached hydrogens (tertiary/aromatic N) is 1. The van der Waals surface area contributed by atoms with Crippen LogP contribution in [0.15, 0.2) is 45.5 Å². The summed E-state index contributed by atoms with van der Waals surface area (Å²) in [6.45, 7) is 1.83. The Morgan fingerprint density at radius 1 is 1.25 bits per heavy atom. The predicted molar refractivity (Wildman–Crippen MR) is 97.6 cm³/mol. The van der Waals surface area contributed by atoms with E-state index < -0.39 is 5.97 Å². The minimum Gasteiger partial charge on any atom is -0.450 e. The fourth-order valence-electron chi connectivity index (χ4n) is 2.09. The maximum absolute atomic E-state index is 12.1. The van der Waals surface area contributed by atoms with E-state index in [1.807, 2.05) is 19.1 Å². The molecule has 0 atom stereocenters. The second kappa shape index (κ2) is 6.97. The molecule has 24 heavy (non-hydrogen) atoms. The average molecular weight is 427 g/mol. The lowest BCUT2D eigenvalue weighted by atomic mass is 10.2. The van der Waals surface area contributed by atoms with E-state index in [1.54, 1.807) is 12.1 Å². The summed E-state index contributed by atoms with van der Waals surface area (Å²) in [5, 5.41) is 1.32. The summed E-state index contributed by atoms with van der Waals surface area (Å²) in [5.74, 6) is 0.0891. The number of furan rings is 1. The molecule has 0 unspecified atom stereocenters. The van der Waals surface area contributed by atoms with Gasteiger partial charge in [-0.05, 0) is 59.3 Å². The van der Waals surface area contributed by atoms with Crippen LogP contribution >= 0.6 is 39.1 Å². The molecule has 0 aliphatic heterocycles. The first-order valence-electron chi connectivity index (χ1n) is 6.84. The van der Waals surface area contributed by atoms with Gasteiger partial charge in [-0.3, -0.25) is 0 Å². The maximum Gasteiger partial charge on any atom is 0.336 e. The van der Waals surface area contributed by atoms with Crippen molar-refractivity contribution in [2.75, 3.05) is 0 Å². The molecule has 0 N–H and O–H groups in total. The Hall–Kier alpha value is -1.82. The number of aromatic nitrogens is 1. The van der Waals surface area contributed by atoms with Gasteiger partial charge in [0.25, 0.3) is 0 Å². The van der Waals surface area contributed by atoms with E-state index in [2.05, 4.69) is 20.9 Å². The minimum absolute atomic E-state index is 0.176. The van der Waals surface area contributed by atoms with Gasteiger partial charge in [-0.25, -0.2) is 9.78 Å². The molecule has 0 radical (unpaired) electrons. The van der Waals surface area contributed by atoms with Crippen molar-refractivity contribution in [3.8, 4) is 5.75 Å². The Morgan fingerprint density at radius 3 is 2.75 bits per heavy atom. The fourth-order valence-corrected chi connectivity index (χ4v) is 2.96. The summed E-state index contributed by atoms with van der Waals surface area (Å²) in [7, 11) is 0. The monoisotopic (exact) mass is 425 g/mol. The molecule has 0 saturated carbocycles. The van der Waals surface area contributed by atoms with Crippen LogP contribution in [0.4, 0.5) is 0 Å². The summed E-state index contributed by atoms with van der Waals surface area (Å²) in [6, 6.07) is 8.59. The van der Waals surface area contributed by atoms with Gasteiger partial charge in [0.2, 0.25) is 0 Å². The largest absolute Gasteiger partial charge is 0.450 e. The quantitative estimate of drug-likeness (QED) is 0.300. The first kappa shape index (κ1) is 17.0. The van der Waals surface area contributed by atoms with Crippen molar-refractivity contribution < 1.29 is 13.9 Å². The van der Waals surface area contributed by atoms with Crippen molar-refractivity contribution in [2.45, 2.75) is 6.92 Å². The molecule has 2 heterocycles. The van der Waals surface area contributed by atoms with Gasteiger partial charge in [0.05, 0.1) is 10.0 Å². The Bertz CT molecular complexity index is 966. The number of rotatable bonds is 3. The second-order valence-electron chi connectivity index (χ2n) is 4.91. The van der Waals surface area contributed by atoms with Crippen molar-refractivity contribution >= 4 is 62.1 Å². The molecule has 0 aliphatic rings. The van der Waals surface area contributed by atoms with E-state index in [9.17, 15) is 4.79 Å². The van der Waals surface area contributed by atoms with Crippen molar-refractivity contribution in [2.24, 2.45) is 0 Å². The lowest BCUT2D eigenvalue weighted by molar-refractivity contribution is -0.128. The van der Waals surface area contributed by atoms with Crippen LogP contribution in [0.1, 0.15) is 11.5 Å². The molecule has 3 aromatic rings. The Morgan fingerprint density at radius 2 is 2.04 bits per heavy atom. The molecule has 2 aromatic heterocycles. The summed E-state index contributed by atoms with van der Waals surface area (Å²) in [4.78, 5) is 16.5. The highest BCUT2D eigenvalue weighted by Gasteiger charge is 2.15. The average Bonchev–Trinajstić information content (AvgIpc) is 2.94. The number of hydrogen-bond donors (Lipinski definition) is 0. The van der Waals surface area contributed by atoms with E-state index in [1.165, 1.54) is 18.2 Å². The number of esters is 1. The molecular formula is C17H10BrCl2NO3. The highest BCUT2D eigenvalue weighted by atomic mass is 79.9. The molecule has 0 spiro atoms. The van der Waals surface area contributed by atoms with Crippen LogP contribution in [-0.4, -0.2) is 11.0 Å². The number of ether oxygens (including phenoxy) is 1. The topological polar surface area (TPSA) is 52.3 Å². The Balaban J connectivity index is 1.93. The molecule has 0 fully saturated rings. The minimum atomic E-state index is -0.601. The molecule has 4 nitrogen and oxygen atoms in total. The third kappa shape index (κ3) is 3.64. The molecule has 0 bridgehead atoms. The Kier molecular flexibility index (Phi) is 4.94. The number of carbonyl (C=O) groups is 1. The molecule has 3 rings (SSSR count). The van der Waals surface area contributed by atoms with E-state index >= 15 is 0 Å². The first-order valence-corrected chi connectivity index (χ1v) is 8.39. The van der Waals surface area contributed by atoms with Crippen molar-refractivity contribution in [3.05, 3.63) is 62.6 Å².